The van der Waals surface area contributed by atoms with Gasteiger partial charge in [-0.05, 0) is 77.2 Å². The second-order valence-electron chi connectivity index (χ2n) is 8.57. The summed E-state index contributed by atoms with van der Waals surface area (Å²) in [6.07, 6.45) is 4.01. The maximum atomic E-state index is 6.53. The summed E-state index contributed by atoms with van der Waals surface area (Å²) in [6, 6.07) is 13.6. The Morgan fingerprint density at radius 2 is 0.650 bits per heavy atom. The van der Waals surface area contributed by atoms with E-state index in [0.717, 1.165) is 0 Å². The monoisotopic (exact) mass is 768 g/mol. The third kappa shape index (κ3) is 6.61. The Morgan fingerprint density at radius 1 is 0.400 bits per heavy atom. The normalized spacial score (nSPS) is 12.0. The van der Waals surface area contributed by atoms with Crippen LogP contribution in [0.3, 0.4) is 0 Å². The van der Waals surface area contributed by atoms with Crippen LogP contribution in [-0.2, 0) is 5.41 Å². The molecule has 4 rings (SSSR count). The van der Waals surface area contributed by atoms with Gasteiger partial charge in [0.1, 0.15) is 0 Å². The average Bonchev–Trinajstić information content (AvgIpc) is 2.89. The van der Waals surface area contributed by atoms with Gasteiger partial charge >= 0.3 is 0 Å². The lowest BCUT2D eigenvalue weighted by Crippen LogP contribution is -2.29. The molecule has 0 nitrogen and oxygen atoms in total. The van der Waals surface area contributed by atoms with Crippen LogP contribution < -0.4 is 0 Å². The van der Waals surface area contributed by atoms with E-state index in [4.69, 9.17) is 139 Å². The van der Waals surface area contributed by atoms with Crippen LogP contribution in [0.5, 0.6) is 0 Å². The first-order chi connectivity index (χ1) is 18.8. The summed E-state index contributed by atoms with van der Waals surface area (Å²) >= 11 is 76.8. The van der Waals surface area contributed by atoms with Crippen molar-refractivity contribution in [3.05, 3.63) is 137 Å². The minimum absolute atomic E-state index is 0.196. The predicted octanol–water partition coefficient (Wildman–Crippen LogP) is 15.0. The van der Waals surface area contributed by atoms with Crippen molar-refractivity contribution in [2.24, 2.45) is 0 Å². The molecule has 4 aromatic rings. The quantitative estimate of drug-likeness (QED) is 0.135. The SMILES string of the molecule is Clc1cc(C=CCC(c2cc(Cl)c(Cl)c(Cl)c2)(c2cc(Cl)c(Cl)c(Cl)c2)c2cc(Cl)c(Cl)c(Cl)c2)cc(Cl)c1Cl. The minimum atomic E-state index is -1.09. The van der Waals surface area contributed by atoms with Crippen molar-refractivity contribution in [3.63, 3.8) is 0 Å². The topological polar surface area (TPSA) is 0 Å². The van der Waals surface area contributed by atoms with Gasteiger partial charge in [-0.25, -0.2) is 0 Å². The highest BCUT2D eigenvalue weighted by atomic mass is 35.5. The van der Waals surface area contributed by atoms with E-state index >= 15 is 0 Å². The van der Waals surface area contributed by atoms with E-state index in [0.29, 0.717) is 32.3 Å². The Morgan fingerprint density at radius 3 is 0.925 bits per heavy atom. The summed E-state index contributed by atoms with van der Waals surface area (Å²) in [5, 5.41) is 2.83. The van der Waals surface area contributed by atoms with Crippen LogP contribution in [0.2, 0.25) is 60.3 Å². The summed E-state index contributed by atoms with van der Waals surface area (Å²) in [4.78, 5) is 0. The van der Waals surface area contributed by atoms with Crippen molar-refractivity contribution in [1.29, 1.82) is 0 Å². The van der Waals surface area contributed by atoms with Gasteiger partial charge in [-0.2, -0.15) is 0 Å². The molecular formula is C28H12Cl12. The van der Waals surface area contributed by atoms with E-state index < -0.39 is 5.41 Å². The third-order valence-electron chi connectivity index (χ3n) is 6.17. The van der Waals surface area contributed by atoms with Crippen LogP contribution in [0, 0.1) is 0 Å². The maximum absolute atomic E-state index is 6.53. The van der Waals surface area contributed by atoms with Crippen LogP contribution in [0.15, 0.2) is 54.6 Å². The van der Waals surface area contributed by atoms with E-state index in [1.807, 2.05) is 12.2 Å². The largest absolute Gasteiger partial charge is 0.0826 e. The number of allylic oxidation sites excluding steroid dienone is 1. The molecule has 0 aliphatic carbocycles. The lowest BCUT2D eigenvalue weighted by atomic mass is 9.67. The molecule has 0 saturated heterocycles. The summed E-state index contributed by atoms with van der Waals surface area (Å²) in [6.45, 7) is 0. The molecule has 208 valence electrons. The first-order valence-corrected chi connectivity index (χ1v) is 15.6. The Kier molecular flexibility index (Phi) is 11.0. The van der Waals surface area contributed by atoms with Crippen molar-refractivity contribution in [2.75, 3.05) is 0 Å². The smallest absolute Gasteiger partial charge is 0.0778 e. The summed E-state index contributed by atoms with van der Waals surface area (Å²) in [7, 11) is 0. The van der Waals surface area contributed by atoms with Crippen molar-refractivity contribution in [3.8, 4) is 0 Å². The van der Waals surface area contributed by atoms with E-state index in [9.17, 15) is 0 Å². The molecule has 0 atom stereocenters. The van der Waals surface area contributed by atoms with E-state index in [1.54, 1.807) is 48.5 Å². The molecule has 4 aromatic carbocycles. The second kappa shape index (κ2) is 13.4. The highest BCUT2D eigenvalue weighted by Crippen LogP contribution is 2.50. The van der Waals surface area contributed by atoms with Crippen LogP contribution in [0.4, 0.5) is 0 Å². The standard InChI is InChI=1S/C28H12Cl12/c29-16-4-12(5-17(30)24(16)37)2-1-3-28(13-6-18(31)25(38)19(32)7-13,14-8-20(33)26(39)21(34)9-14)15-10-22(35)27(40)23(36)11-15/h1-2,4-11H,3H2. The molecule has 0 heterocycles. The predicted molar refractivity (Wildman–Crippen MR) is 179 cm³/mol. The second-order valence-corrected chi connectivity index (χ2v) is 13.3. The van der Waals surface area contributed by atoms with Crippen molar-refractivity contribution in [2.45, 2.75) is 11.8 Å². The number of hydrogen-bond acceptors (Lipinski definition) is 0. The molecule has 0 radical (unpaired) electrons. The molecule has 0 aromatic heterocycles. The molecule has 12 heteroatoms. The van der Waals surface area contributed by atoms with Gasteiger partial charge in [0.25, 0.3) is 0 Å². The lowest BCUT2D eigenvalue weighted by Gasteiger charge is -2.36. The molecule has 0 amide bonds. The molecule has 0 aliphatic heterocycles. The fraction of sp³-hybridized carbons (Fsp3) is 0.0714. The van der Waals surface area contributed by atoms with E-state index in [1.165, 1.54) is 0 Å². The fourth-order valence-electron chi connectivity index (χ4n) is 4.30. The van der Waals surface area contributed by atoms with Crippen LogP contribution in [0.25, 0.3) is 6.08 Å². The van der Waals surface area contributed by atoms with Gasteiger partial charge in [-0.3, -0.25) is 0 Å². The first-order valence-electron chi connectivity index (χ1n) is 11.0. The van der Waals surface area contributed by atoms with Gasteiger partial charge in [0.15, 0.2) is 0 Å². The summed E-state index contributed by atoms with van der Waals surface area (Å²) in [5.41, 5.74) is 1.51. The van der Waals surface area contributed by atoms with Crippen molar-refractivity contribution >= 4 is 145 Å². The number of hydrogen-bond donors (Lipinski definition) is 0. The summed E-state index contributed by atoms with van der Waals surface area (Å²) in [5.74, 6) is 0. The number of halogens is 12. The van der Waals surface area contributed by atoms with Crippen LogP contribution in [-0.4, -0.2) is 0 Å². The molecule has 0 unspecified atom stereocenters. The molecular weight excluding hydrogens is 762 g/mol. The minimum Gasteiger partial charge on any atom is -0.0826 e. The number of benzene rings is 4. The number of rotatable bonds is 6. The Labute approximate surface area is 291 Å². The van der Waals surface area contributed by atoms with Gasteiger partial charge in [-0.1, -0.05) is 151 Å². The van der Waals surface area contributed by atoms with Gasteiger partial charge < -0.3 is 0 Å². The molecule has 0 bridgehead atoms. The van der Waals surface area contributed by atoms with Gasteiger partial charge in [-0.15, -0.1) is 0 Å². The Bertz CT molecular complexity index is 1430. The summed E-state index contributed by atoms with van der Waals surface area (Å²) < 4.78 is 0. The molecule has 40 heavy (non-hydrogen) atoms. The Balaban J connectivity index is 2.08. The third-order valence-corrected chi connectivity index (χ3v) is 11.0. The van der Waals surface area contributed by atoms with Gasteiger partial charge in [0.05, 0.1) is 60.3 Å². The average molecular weight is 774 g/mol. The molecule has 0 fully saturated rings. The highest BCUT2D eigenvalue weighted by Gasteiger charge is 2.38. The Hall–Kier alpha value is 0.1000. The zero-order chi connectivity index (χ0) is 29.5. The zero-order valence-electron chi connectivity index (χ0n) is 19.5. The molecule has 0 spiro atoms. The van der Waals surface area contributed by atoms with Gasteiger partial charge in [0, 0.05) is 5.41 Å². The fourth-order valence-corrected chi connectivity index (χ4v) is 6.70. The first kappa shape index (κ1) is 33.0. The maximum Gasteiger partial charge on any atom is 0.0778 e. The highest BCUT2D eigenvalue weighted by molar-refractivity contribution is 6.50. The zero-order valence-corrected chi connectivity index (χ0v) is 28.6. The van der Waals surface area contributed by atoms with E-state index in [-0.39, 0.29) is 56.6 Å². The van der Waals surface area contributed by atoms with E-state index in [2.05, 4.69) is 0 Å². The molecule has 0 aliphatic rings. The van der Waals surface area contributed by atoms with Crippen molar-refractivity contribution < 1.29 is 0 Å². The molecule has 0 saturated carbocycles. The lowest BCUT2D eigenvalue weighted by molar-refractivity contribution is 0.629. The van der Waals surface area contributed by atoms with Crippen LogP contribution in [0.1, 0.15) is 28.7 Å². The van der Waals surface area contributed by atoms with Crippen molar-refractivity contribution in [1.82, 2.24) is 0 Å². The van der Waals surface area contributed by atoms with Crippen LogP contribution >= 0.6 is 139 Å². The molecule has 0 N–H and O–H groups in total. The van der Waals surface area contributed by atoms with Gasteiger partial charge in [0.2, 0.25) is 0 Å².